The molecule has 2 N–H and O–H groups in total. The topological polar surface area (TPSA) is 66.3 Å². The Morgan fingerprint density at radius 3 is 2.26 bits per heavy atom. The molecule has 1 saturated carbocycles. The van der Waals surface area contributed by atoms with Crippen LogP contribution in [0, 0.1) is 5.92 Å². The van der Waals surface area contributed by atoms with Crippen molar-refractivity contribution in [1.29, 1.82) is 0 Å². The van der Waals surface area contributed by atoms with E-state index in [1.54, 1.807) is 5.01 Å². The number of hydrazone groups is 1. The molecule has 10 heteroatoms. The van der Waals surface area contributed by atoms with Crippen LogP contribution in [-0.2, 0) is 6.18 Å². The molecule has 1 heterocycles. The number of guanidine groups is 1. The molecule has 0 saturated heterocycles. The number of rotatable bonds is 5. The van der Waals surface area contributed by atoms with Gasteiger partial charge in [0.25, 0.3) is 5.96 Å². The fourth-order valence-electron chi connectivity index (χ4n) is 4.18. The Morgan fingerprint density at radius 1 is 0.947 bits per heavy atom. The number of hydrogen-bond donors (Lipinski definition) is 1. The van der Waals surface area contributed by atoms with Gasteiger partial charge in [0, 0.05) is 40.2 Å². The number of halogens is 4. The zero-order valence-corrected chi connectivity index (χ0v) is 21.8. The van der Waals surface area contributed by atoms with E-state index in [2.05, 4.69) is 21.5 Å². The van der Waals surface area contributed by atoms with Gasteiger partial charge in [-0.2, -0.15) is 27.7 Å². The monoisotopic (exact) mass is 555 g/mol. The van der Waals surface area contributed by atoms with Crippen LogP contribution in [0.1, 0.15) is 41.9 Å². The number of nitrogens with two attached hydrogens (primary N) is 1. The van der Waals surface area contributed by atoms with E-state index in [-0.39, 0.29) is 11.8 Å². The molecular weight excluding hydrogens is 531 g/mol. The van der Waals surface area contributed by atoms with Gasteiger partial charge in [-0.1, -0.05) is 54.1 Å². The van der Waals surface area contributed by atoms with Gasteiger partial charge < -0.3 is 5.73 Å². The van der Waals surface area contributed by atoms with Crippen LogP contribution in [0.25, 0.3) is 0 Å². The van der Waals surface area contributed by atoms with E-state index in [1.165, 1.54) is 12.1 Å². The summed E-state index contributed by atoms with van der Waals surface area (Å²) in [5.41, 5.74) is 8.48. The molecule has 0 radical (unpaired) electrons. The summed E-state index contributed by atoms with van der Waals surface area (Å²) in [5, 5.41) is 7.35. The molecule has 3 aromatic rings. The predicted octanol–water partition coefficient (Wildman–Crippen LogP) is 7.38. The first-order valence-corrected chi connectivity index (χ1v) is 13.4. The number of benzene rings is 3. The van der Waals surface area contributed by atoms with Crippen LogP contribution in [0.15, 0.2) is 98.2 Å². The Hall–Kier alpha value is -3.30. The van der Waals surface area contributed by atoms with Crippen molar-refractivity contribution in [2.24, 2.45) is 26.1 Å². The number of nitrogens with zero attached hydrogens (tertiary/aromatic N) is 4. The van der Waals surface area contributed by atoms with Crippen LogP contribution in [0.2, 0.25) is 5.02 Å². The van der Waals surface area contributed by atoms with Crippen molar-refractivity contribution in [3.63, 3.8) is 0 Å². The molecule has 0 amide bonds. The molecule has 3 aromatic carbocycles. The minimum Gasteiger partial charge on any atom is -0.387 e. The van der Waals surface area contributed by atoms with Gasteiger partial charge in [-0.15, -0.1) is 0 Å². The molecule has 1 unspecified atom stereocenters. The normalized spacial score (nSPS) is 18.9. The molecule has 1 aliphatic carbocycles. The van der Waals surface area contributed by atoms with Crippen LogP contribution in [-0.4, -0.2) is 29.1 Å². The Labute approximate surface area is 228 Å². The van der Waals surface area contributed by atoms with Crippen LogP contribution in [0.4, 0.5) is 13.2 Å². The molecule has 0 bridgehead atoms. The summed E-state index contributed by atoms with van der Waals surface area (Å²) >= 11 is 7.19. The predicted molar refractivity (Wildman–Crippen MR) is 148 cm³/mol. The van der Waals surface area contributed by atoms with Crippen molar-refractivity contribution < 1.29 is 13.2 Å². The molecule has 0 spiro atoms. The maximum Gasteiger partial charge on any atom is 0.416 e. The van der Waals surface area contributed by atoms with E-state index in [0.717, 1.165) is 60.2 Å². The van der Waals surface area contributed by atoms with Crippen LogP contribution in [0.3, 0.4) is 0 Å². The van der Waals surface area contributed by atoms with Gasteiger partial charge in [-0.25, -0.2) is 5.01 Å². The quantitative estimate of drug-likeness (QED) is 0.203. The van der Waals surface area contributed by atoms with Crippen molar-refractivity contribution in [3.05, 3.63) is 101 Å². The average Bonchev–Trinajstić information content (AvgIpc) is 3.77. The van der Waals surface area contributed by atoms with Crippen LogP contribution < -0.4 is 5.73 Å². The summed E-state index contributed by atoms with van der Waals surface area (Å²) in [7, 11) is 0. The fraction of sp³-hybridized carbons (Fsp3) is 0.250. The van der Waals surface area contributed by atoms with E-state index in [0.29, 0.717) is 28.3 Å². The summed E-state index contributed by atoms with van der Waals surface area (Å²) in [6.07, 6.45) is -1.68. The highest BCUT2D eigenvalue weighted by atomic mass is 35.5. The third kappa shape index (κ3) is 6.39. The smallest absolute Gasteiger partial charge is 0.387 e. The number of aliphatic imine (C=N–C) groups is 1. The third-order valence-corrected chi connectivity index (χ3v) is 7.39. The first kappa shape index (κ1) is 26.3. The average molecular weight is 556 g/mol. The molecule has 1 fully saturated rings. The Kier molecular flexibility index (Phi) is 7.76. The standard InChI is InChI=1S/C28H25ClF3N5S/c29-22-12-8-19(9-13-22)25-24(18-4-2-1-3-5-18)16-17-37(35-25)27(34-26(33)20-6-7-20)36-38-23-14-10-21(11-15-23)28(30,31)32/h1-5,8-15,20,24H,6-7,16-17H2,(H2,33,34,36). The molecule has 1 aliphatic heterocycles. The second-order valence-electron chi connectivity index (χ2n) is 9.18. The van der Waals surface area contributed by atoms with Crippen LogP contribution >= 0.6 is 23.5 Å². The maximum atomic E-state index is 13.0. The lowest BCUT2D eigenvalue weighted by Crippen LogP contribution is -2.36. The molecule has 2 aliphatic rings. The van der Waals surface area contributed by atoms with Crippen LogP contribution in [0.5, 0.6) is 0 Å². The lowest BCUT2D eigenvalue weighted by molar-refractivity contribution is -0.137. The number of hydrogen-bond acceptors (Lipinski definition) is 3. The Balaban J connectivity index is 1.49. The van der Waals surface area contributed by atoms with Crippen molar-refractivity contribution in [3.8, 4) is 0 Å². The van der Waals surface area contributed by atoms with E-state index >= 15 is 0 Å². The lowest BCUT2D eigenvalue weighted by Gasteiger charge is -2.30. The highest BCUT2D eigenvalue weighted by Crippen LogP contribution is 2.34. The van der Waals surface area contributed by atoms with Gasteiger partial charge in [0.15, 0.2) is 0 Å². The van der Waals surface area contributed by atoms with Gasteiger partial charge in [-0.3, -0.25) is 0 Å². The third-order valence-electron chi connectivity index (χ3n) is 6.40. The van der Waals surface area contributed by atoms with E-state index in [4.69, 9.17) is 22.4 Å². The largest absolute Gasteiger partial charge is 0.416 e. The molecule has 5 rings (SSSR count). The van der Waals surface area contributed by atoms with Crippen molar-refractivity contribution >= 4 is 41.1 Å². The minimum absolute atomic E-state index is 0.0576. The zero-order chi connectivity index (χ0) is 26.7. The Bertz CT molecular complexity index is 1350. The van der Waals surface area contributed by atoms with Gasteiger partial charge in [0.05, 0.1) is 11.3 Å². The Morgan fingerprint density at radius 2 is 1.63 bits per heavy atom. The maximum absolute atomic E-state index is 13.0. The molecule has 196 valence electrons. The summed E-state index contributed by atoms with van der Waals surface area (Å²) in [5.74, 6) is 1.09. The van der Waals surface area contributed by atoms with Crippen molar-refractivity contribution in [2.75, 3.05) is 6.54 Å². The second kappa shape index (κ2) is 11.2. The SMILES string of the molecule is N/C(=N\C(=N\Sc1ccc(C(F)(F)F)cc1)N1CCC(c2ccccc2)C(c2ccc(Cl)cc2)=N1)C1CC1. The van der Waals surface area contributed by atoms with E-state index in [1.807, 2.05) is 42.5 Å². The van der Waals surface area contributed by atoms with Crippen molar-refractivity contribution in [1.82, 2.24) is 5.01 Å². The fourth-order valence-corrected chi connectivity index (χ4v) is 4.89. The molecule has 1 atom stereocenters. The lowest BCUT2D eigenvalue weighted by atomic mass is 9.86. The first-order chi connectivity index (χ1) is 18.3. The number of amidine groups is 1. The van der Waals surface area contributed by atoms with Gasteiger partial charge in [-0.05, 0) is 66.8 Å². The molecule has 5 nitrogen and oxygen atoms in total. The number of alkyl halides is 3. The first-order valence-electron chi connectivity index (χ1n) is 12.2. The second-order valence-corrected chi connectivity index (χ2v) is 10.5. The highest BCUT2D eigenvalue weighted by Gasteiger charge is 2.31. The van der Waals surface area contributed by atoms with Gasteiger partial charge in [0.1, 0.15) is 5.84 Å². The highest BCUT2D eigenvalue weighted by molar-refractivity contribution is 7.98. The van der Waals surface area contributed by atoms with E-state index in [9.17, 15) is 13.2 Å². The zero-order valence-electron chi connectivity index (χ0n) is 20.3. The summed E-state index contributed by atoms with van der Waals surface area (Å²) < 4.78 is 43.5. The summed E-state index contributed by atoms with van der Waals surface area (Å²) in [6.45, 7) is 0.546. The van der Waals surface area contributed by atoms with Gasteiger partial charge in [0.2, 0.25) is 0 Å². The molecule has 38 heavy (non-hydrogen) atoms. The van der Waals surface area contributed by atoms with Crippen molar-refractivity contribution in [2.45, 2.75) is 36.3 Å². The minimum atomic E-state index is -4.39. The summed E-state index contributed by atoms with van der Waals surface area (Å²) in [4.78, 5) is 5.17. The van der Waals surface area contributed by atoms with E-state index < -0.39 is 11.7 Å². The van der Waals surface area contributed by atoms with Gasteiger partial charge >= 0.3 is 6.18 Å². The molecule has 0 aromatic heterocycles. The summed E-state index contributed by atoms with van der Waals surface area (Å²) in [6, 6.07) is 22.6. The molecular formula is C28H25ClF3N5S.